The molecule has 0 atom stereocenters. The molecule has 0 aromatic carbocycles. The highest BCUT2D eigenvalue weighted by Gasteiger charge is 2.09. The maximum Gasteiger partial charge on any atom is 0.191 e. The van der Waals surface area contributed by atoms with Crippen molar-refractivity contribution in [1.82, 2.24) is 20.4 Å². The molecule has 6 nitrogen and oxygen atoms in total. The molecule has 0 saturated carbocycles. The van der Waals surface area contributed by atoms with Crippen molar-refractivity contribution >= 4 is 17.3 Å². The molecular weight excluding hydrogens is 358 g/mol. The zero-order valence-electron chi connectivity index (χ0n) is 16.2. The number of hydrogen-bond donors (Lipinski definition) is 2. The maximum atomic E-state index is 5.40. The van der Waals surface area contributed by atoms with Gasteiger partial charge in [0.25, 0.3) is 0 Å². The topological polar surface area (TPSA) is 67.4 Å². The normalized spacial score (nSPS) is 11.7. The van der Waals surface area contributed by atoms with Crippen molar-refractivity contribution in [3.8, 4) is 0 Å². The number of furan rings is 1. The van der Waals surface area contributed by atoms with Crippen LogP contribution >= 0.6 is 11.3 Å². The fourth-order valence-electron chi connectivity index (χ4n) is 2.90. The van der Waals surface area contributed by atoms with Gasteiger partial charge in [0, 0.05) is 42.7 Å². The molecule has 144 valence electrons. The van der Waals surface area contributed by atoms with Crippen LogP contribution in [0.25, 0.3) is 0 Å². The molecule has 3 aromatic rings. The molecular formula is C20H27N5OS. The smallest absolute Gasteiger partial charge is 0.191 e. The first kappa shape index (κ1) is 19.2. The van der Waals surface area contributed by atoms with Crippen LogP contribution in [-0.4, -0.2) is 28.8 Å². The van der Waals surface area contributed by atoms with E-state index in [4.69, 9.17) is 9.41 Å². The number of aliphatic imine (C=N–C) groups is 1. The number of aryl methyl sites for hydroxylation is 2. The Balaban J connectivity index is 1.59. The van der Waals surface area contributed by atoms with Crippen LogP contribution in [0.4, 0.5) is 0 Å². The summed E-state index contributed by atoms with van der Waals surface area (Å²) in [5.41, 5.74) is 3.37. The third kappa shape index (κ3) is 5.47. The van der Waals surface area contributed by atoms with Crippen LogP contribution in [0.1, 0.15) is 27.6 Å². The Kier molecular flexibility index (Phi) is 6.70. The van der Waals surface area contributed by atoms with E-state index in [0.29, 0.717) is 6.54 Å². The average molecular weight is 386 g/mol. The fourth-order valence-corrected chi connectivity index (χ4v) is 3.61. The SMILES string of the molecule is Cc1nn(C)c(C)c1CN=C(NCCc1ccco1)NCCc1cccs1. The Labute approximate surface area is 164 Å². The third-order valence-corrected chi connectivity index (χ3v) is 5.48. The first-order valence-electron chi connectivity index (χ1n) is 9.19. The number of nitrogens with one attached hydrogen (secondary N) is 2. The highest BCUT2D eigenvalue weighted by Crippen LogP contribution is 2.13. The molecule has 0 aliphatic heterocycles. The first-order chi connectivity index (χ1) is 13.1. The molecule has 0 saturated heterocycles. The molecule has 0 amide bonds. The van der Waals surface area contributed by atoms with Gasteiger partial charge < -0.3 is 15.1 Å². The molecule has 2 N–H and O–H groups in total. The largest absolute Gasteiger partial charge is 0.469 e. The van der Waals surface area contributed by atoms with E-state index in [9.17, 15) is 0 Å². The van der Waals surface area contributed by atoms with Crippen molar-refractivity contribution in [2.24, 2.45) is 12.0 Å². The molecule has 3 rings (SSSR count). The summed E-state index contributed by atoms with van der Waals surface area (Å²) in [5.74, 6) is 1.79. The van der Waals surface area contributed by atoms with Gasteiger partial charge >= 0.3 is 0 Å². The summed E-state index contributed by atoms with van der Waals surface area (Å²) < 4.78 is 7.31. The Morgan fingerprint density at radius 2 is 2.00 bits per heavy atom. The summed E-state index contributed by atoms with van der Waals surface area (Å²) in [5, 5.41) is 13.4. The highest BCUT2D eigenvalue weighted by molar-refractivity contribution is 7.09. The number of guanidine groups is 1. The van der Waals surface area contributed by atoms with Crippen molar-refractivity contribution in [2.45, 2.75) is 33.2 Å². The van der Waals surface area contributed by atoms with Gasteiger partial charge in [-0.2, -0.15) is 5.10 Å². The van der Waals surface area contributed by atoms with E-state index >= 15 is 0 Å². The standard InChI is InChI=1S/C20H27N5OS/c1-15-19(16(2)25(3)24-15)14-23-20(21-10-8-17-6-4-12-26-17)22-11-9-18-7-5-13-27-18/h4-7,12-13H,8-11,14H2,1-3H3,(H2,21,22,23). The molecule has 7 heteroatoms. The second-order valence-electron chi connectivity index (χ2n) is 6.45. The number of thiophene rings is 1. The van der Waals surface area contributed by atoms with E-state index in [0.717, 1.165) is 49.0 Å². The van der Waals surface area contributed by atoms with Crippen LogP contribution in [0.15, 0.2) is 45.3 Å². The molecule has 0 aliphatic rings. The van der Waals surface area contributed by atoms with Crippen LogP contribution < -0.4 is 10.6 Å². The lowest BCUT2D eigenvalue weighted by atomic mass is 10.2. The Bertz CT molecular complexity index is 807. The predicted octanol–water partition coefficient (Wildman–Crippen LogP) is 3.21. The molecule has 3 aromatic heterocycles. The third-order valence-electron chi connectivity index (χ3n) is 4.54. The van der Waals surface area contributed by atoms with Gasteiger partial charge in [0.1, 0.15) is 5.76 Å². The van der Waals surface area contributed by atoms with Gasteiger partial charge in [-0.1, -0.05) is 6.07 Å². The molecule has 0 unspecified atom stereocenters. The van der Waals surface area contributed by atoms with Crippen LogP contribution in [0, 0.1) is 13.8 Å². The highest BCUT2D eigenvalue weighted by atomic mass is 32.1. The summed E-state index contributed by atoms with van der Waals surface area (Å²) in [6, 6.07) is 8.16. The minimum atomic E-state index is 0.612. The van der Waals surface area contributed by atoms with Crippen molar-refractivity contribution < 1.29 is 4.42 Å². The first-order valence-corrected chi connectivity index (χ1v) is 10.1. The van der Waals surface area contributed by atoms with Gasteiger partial charge in [0.05, 0.1) is 18.5 Å². The van der Waals surface area contributed by atoms with Crippen LogP contribution in [0.3, 0.4) is 0 Å². The zero-order valence-corrected chi connectivity index (χ0v) is 17.0. The minimum absolute atomic E-state index is 0.612. The number of aromatic nitrogens is 2. The number of nitrogens with zero attached hydrogens (tertiary/aromatic N) is 3. The predicted molar refractivity (Wildman–Crippen MR) is 110 cm³/mol. The summed E-state index contributed by atoms with van der Waals surface area (Å²) in [4.78, 5) is 6.15. The van der Waals surface area contributed by atoms with Gasteiger partial charge in [-0.25, -0.2) is 4.99 Å². The van der Waals surface area contributed by atoms with Crippen LogP contribution in [0.2, 0.25) is 0 Å². The van der Waals surface area contributed by atoms with Crippen molar-refractivity contribution in [1.29, 1.82) is 0 Å². The van der Waals surface area contributed by atoms with Gasteiger partial charge in [0.2, 0.25) is 0 Å². The fraction of sp³-hybridized carbons (Fsp3) is 0.400. The van der Waals surface area contributed by atoms with Gasteiger partial charge in [-0.15, -0.1) is 11.3 Å². The van der Waals surface area contributed by atoms with Gasteiger partial charge in [-0.3, -0.25) is 4.68 Å². The summed E-state index contributed by atoms with van der Waals surface area (Å²) in [6.07, 6.45) is 3.52. The van der Waals surface area contributed by atoms with E-state index in [-0.39, 0.29) is 0 Å². The Morgan fingerprint density at radius 3 is 2.63 bits per heavy atom. The molecule has 0 spiro atoms. The number of hydrogen-bond acceptors (Lipinski definition) is 4. The van der Waals surface area contributed by atoms with E-state index < -0.39 is 0 Å². The molecule has 0 bridgehead atoms. The lowest BCUT2D eigenvalue weighted by Gasteiger charge is -2.12. The molecule has 3 heterocycles. The Hall–Kier alpha value is -2.54. The van der Waals surface area contributed by atoms with E-state index in [1.54, 1.807) is 17.6 Å². The van der Waals surface area contributed by atoms with Crippen molar-refractivity contribution in [3.05, 3.63) is 63.5 Å². The van der Waals surface area contributed by atoms with Crippen molar-refractivity contribution in [2.75, 3.05) is 13.1 Å². The average Bonchev–Trinajstić information content (AvgIpc) is 3.38. The molecule has 0 radical (unpaired) electrons. The minimum Gasteiger partial charge on any atom is -0.469 e. The monoisotopic (exact) mass is 385 g/mol. The van der Waals surface area contributed by atoms with Crippen LogP contribution in [0.5, 0.6) is 0 Å². The Morgan fingerprint density at radius 1 is 1.19 bits per heavy atom. The molecule has 0 aliphatic carbocycles. The molecule has 0 fully saturated rings. The van der Waals surface area contributed by atoms with E-state index in [1.807, 2.05) is 30.8 Å². The number of rotatable bonds is 8. The zero-order chi connectivity index (χ0) is 19.1. The van der Waals surface area contributed by atoms with E-state index in [1.165, 1.54) is 10.4 Å². The summed E-state index contributed by atoms with van der Waals surface area (Å²) in [7, 11) is 1.97. The second kappa shape index (κ2) is 9.41. The summed E-state index contributed by atoms with van der Waals surface area (Å²) >= 11 is 1.78. The maximum absolute atomic E-state index is 5.40. The van der Waals surface area contributed by atoms with Gasteiger partial charge in [0.15, 0.2) is 5.96 Å². The van der Waals surface area contributed by atoms with E-state index in [2.05, 4.69) is 40.2 Å². The molecule has 27 heavy (non-hydrogen) atoms. The van der Waals surface area contributed by atoms with Crippen molar-refractivity contribution in [3.63, 3.8) is 0 Å². The second-order valence-corrected chi connectivity index (χ2v) is 7.48. The van der Waals surface area contributed by atoms with Gasteiger partial charge in [-0.05, 0) is 43.8 Å². The van der Waals surface area contributed by atoms with Crippen LogP contribution in [-0.2, 0) is 26.4 Å². The summed E-state index contributed by atoms with van der Waals surface area (Å²) in [6.45, 7) is 6.34. The quantitative estimate of drug-likeness (QED) is 0.462. The lowest BCUT2D eigenvalue weighted by Crippen LogP contribution is -2.39. The lowest BCUT2D eigenvalue weighted by molar-refractivity contribution is 0.506.